The van der Waals surface area contributed by atoms with Gasteiger partial charge in [-0.1, -0.05) is 11.6 Å². The minimum atomic E-state index is -4.94. The molecule has 0 fully saturated rings. The van der Waals surface area contributed by atoms with Gasteiger partial charge in [-0.3, -0.25) is 0 Å². The topological polar surface area (TPSA) is 129 Å². The highest BCUT2D eigenvalue weighted by atomic mass is 35.7. The van der Waals surface area contributed by atoms with E-state index in [1.54, 1.807) is 13.4 Å². The lowest BCUT2D eigenvalue weighted by atomic mass is 10.1. The Morgan fingerprint density at radius 1 is 0.960 bits per heavy atom. The van der Waals surface area contributed by atoms with E-state index in [0.717, 1.165) is 27.8 Å². The number of nitrogens with one attached hydrogen (secondary N) is 1. The number of benzene rings is 2. The van der Waals surface area contributed by atoms with Crippen LogP contribution in [0.15, 0.2) is 59.2 Å². The summed E-state index contributed by atoms with van der Waals surface area (Å²) in [6.45, 7) is 2.07. The Labute approximate surface area is 145 Å². The molecule has 3 aromatic rings. The maximum absolute atomic E-state index is 8.49. The van der Waals surface area contributed by atoms with Crippen LogP contribution in [-0.2, 0) is 0 Å². The van der Waals surface area contributed by atoms with Crippen molar-refractivity contribution in [2.75, 3.05) is 7.11 Å². The molecule has 1 aromatic heterocycles. The van der Waals surface area contributed by atoms with E-state index in [1.165, 1.54) is 5.56 Å². The van der Waals surface area contributed by atoms with E-state index in [4.69, 9.17) is 27.8 Å². The first-order chi connectivity index (χ1) is 11.8. The number of methoxy groups -OCH3 is 1. The smallest absolute Gasteiger partial charge is 0.218 e. The molecule has 8 heteroatoms. The second-order valence-electron chi connectivity index (χ2n) is 5.07. The number of hydrogen-bond acceptors (Lipinski definition) is 6. The van der Waals surface area contributed by atoms with Gasteiger partial charge < -0.3 is 9.15 Å². The number of ether oxygens (including phenoxy) is 1. The van der Waals surface area contributed by atoms with Gasteiger partial charge in [0.25, 0.3) is 0 Å². The van der Waals surface area contributed by atoms with Crippen LogP contribution in [0, 0.1) is 17.2 Å². The lowest BCUT2D eigenvalue weighted by molar-refractivity contribution is -2.00. The summed E-state index contributed by atoms with van der Waals surface area (Å²) in [6, 6.07) is 15.9. The van der Waals surface area contributed by atoms with Crippen LogP contribution < -0.4 is 33.7 Å². The van der Waals surface area contributed by atoms with Crippen LogP contribution >= 0.6 is 0 Å². The lowest BCUT2D eigenvalue weighted by Crippen LogP contribution is -2.70. The number of hydrogen-bond donors (Lipinski definition) is 1. The second kappa shape index (κ2) is 8.11. The number of rotatable bonds is 2. The van der Waals surface area contributed by atoms with E-state index in [0.29, 0.717) is 0 Å². The van der Waals surface area contributed by atoms with Crippen LogP contribution in [0.1, 0.15) is 5.56 Å². The lowest BCUT2D eigenvalue weighted by Gasteiger charge is -2.17. The van der Waals surface area contributed by atoms with Crippen molar-refractivity contribution >= 4 is 16.7 Å². The first kappa shape index (κ1) is 18.9. The zero-order valence-corrected chi connectivity index (χ0v) is 14.3. The van der Waals surface area contributed by atoms with E-state index in [1.807, 2.05) is 42.5 Å². The van der Waals surface area contributed by atoms with Gasteiger partial charge in [-0.05, 0) is 31.2 Å². The zero-order valence-electron chi connectivity index (χ0n) is 13.5. The summed E-state index contributed by atoms with van der Waals surface area (Å²) >= 11 is 0. The first-order valence-electron chi connectivity index (χ1n) is 7.10. The van der Waals surface area contributed by atoms with Crippen molar-refractivity contribution in [3.8, 4) is 5.75 Å². The Bertz CT molecular complexity index is 893. The van der Waals surface area contributed by atoms with E-state index >= 15 is 0 Å². The molecule has 0 aliphatic rings. The molecule has 3 rings (SSSR count). The molecule has 1 heterocycles. The molecule has 0 radical (unpaired) electrons. The molecular weight excluding hydrogens is 350 g/mol. The molecule has 0 saturated carbocycles. The Morgan fingerprint density at radius 3 is 2.20 bits per heavy atom. The Kier molecular flexibility index (Phi) is 6.13. The van der Waals surface area contributed by atoms with E-state index in [9.17, 15) is 0 Å². The third-order valence-electron chi connectivity index (χ3n) is 3.22. The summed E-state index contributed by atoms with van der Waals surface area (Å²) < 4.78 is 44.7. The van der Waals surface area contributed by atoms with Gasteiger partial charge in [-0.15, -0.1) is 10.2 Å². The van der Waals surface area contributed by atoms with Gasteiger partial charge in [-0.25, -0.2) is 23.6 Å². The minimum absolute atomic E-state index is 0.847. The summed E-state index contributed by atoms with van der Waals surface area (Å²) in [4.78, 5) is 3.41. The molecule has 0 unspecified atom stereocenters. The molecule has 0 atom stereocenters. The fraction of sp³-hybridized carbons (Fsp3) is 0.118. The number of halogens is 1. The van der Waals surface area contributed by atoms with Crippen molar-refractivity contribution in [2.45, 2.75) is 6.92 Å². The third-order valence-corrected chi connectivity index (χ3v) is 3.22. The summed E-state index contributed by atoms with van der Waals surface area (Å²) in [6.07, 6.45) is 1.70. The van der Waals surface area contributed by atoms with Crippen LogP contribution in [-0.4, -0.2) is 7.11 Å². The van der Waals surface area contributed by atoms with Crippen molar-refractivity contribution in [3.05, 3.63) is 65.7 Å². The van der Waals surface area contributed by atoms with Crippen LogP contribution in [0.25, 0.3) is 11.0 Å². The fourth-order valence-electron chi connectivity index (χ4n) is 2.16. The van der Waals surface area contributed by atoms with Crippen molar-refractivity contribution in [3.63, 3.8) is 0 Å². The molecule has 1 N–H and O–H groups in total. The number of fused-ring (bicyclic) bond motifs is 1. The number of aryl methyl sites for hydroxylation is 1. The Balaban J connectivity index is 0.000000399. The van der Waals surface area contributed by atoms with Crippen LogP contribution in [0.2, 0.25) is 0 Å². The molecule has 0 amide bonds. The molecule has 0 spiro atoms. The van der Waals surface area contributed by atoms with Crippen LogP contribution in [0.4, 0.5) is 5.69 Å². The van der Waals surface area contributed by atoms with E-state index in [-0.39, 0.29) is 0 Å². The van der Waals surface area contributed by atoms with Gasteiger partial charge in [0.15, 0.2) is 0 Å². The molecule has 0 aliphatic heterocycles. The Hall–Kier alpha value is -2.42. The van der Waals surface area contributed by atoms with Crippen LogP contribution in [0.5, 0.6) is 5.75 Å². The van der Waals surface area contributed by atoms with Crippen LogP contribution in [0.3, 0.4) is 0 Å². The maximum Gasteiger partial charge on any atom is 0.218 e. The molecule has 132 valence electrons. The third kappa shape index (κ3) is 6.18. The van der Waals surface area contributed by atoms with Gasteiger partial charge in [-0.2, -0.15) is 0 Å². The molecular formula is C17H16ClNO6. The van der Waals surface area contributed by atoms with Gasteiger partial charge >= 0.3 is 0 Å². The van der Waals surface area contributed by atoms with Gasteiger partial charge in [0.2, 0.25) is 11.0 Å². The van der Waals surface area contributed by atoms with Crippen molar-refractivity contribution in [1.29, 1.82) is 0 Å². The monoisotopic (exact) mass is 365 g/mol. The first-order valence-corrected chi connectivity index (χ1v) is 8.34. The van der Waals surface area contributed by atoms with E-state index < -0.39 is 10.2 Å². The highest BCUT2D eigenvalue weighted by Gasteiger charge is 2.04. The highest BCUT2D eigenvalue weighted by Crippen LogP contribution is 2.12. The normalized spacial score (nSPS) is 11.8. The summed E-state index contributed by atoms with van der Waals surface area (Å²) in [5.41, 5.74) is 3.09. The predicted molar refractivity (Wildman–Crippen MR) is 77.7 cm³/mol. The second-order valence-corrected chi connectivity index (χ2v) is 5.82. The van der Waals surface area contributed by atoms with Gasteiger partial charge in [0.1, 0.15) is 11.3 Å². The van der Waals surface area contributed by atoms with Crippen molar-refractivity contribution in [1.82, 2.24) is 0 Å². The molecule has 7 nitrogen and oxygen atoms in total. The van der Waals surface area contributed by atoms with Crippen molar-refractivity contribution < 1.29 is 43.0 Å². The largest absolute Gasteiger partial charge is 0.497 e. The SMILES string of the molecule is COc1ccc([NH+]=c2ccoc3ccc(C)cc23)cc1.[O-][Cl+3]([O-])([O-])[O-]. The predicted octanol–water partition coefficient (Wildman–Crippen LogP) is -2.69. The molecule has 0 saturated heterocycles. The highest BCUT2D eigenvalue weighted by molar-refractivity contribution is 5.76. The molecule has 0 bridgehead atoms. The summed E-state index contributed by atoms with van der Waals surface area (Å²) in [5, 5.41) is 2.10. The average Bonchev–Trinajstić information content (AvgIpc) is 2.55. The van der Waals surface area contributed by atoms with Gasteiger partial charge in [0.05, 0.1) is 18.8 Å². The zero-order chi connectivity index (χ0) is 18.4. The van der Waals surface area contributed by atoms with Crippen molar-refractivity contribution in [2.24, 2.45) is 0 Å². The Morgan fingerprint density at radius 2 is 1.60 bits per heavy atom. The molecule has 25 heavy (non-hydrogen) atoms. The average molecular weight is 366 g/mol. The standard InChI is InChI=1S/C17H15NO2.ClHO4/c1-12-3-8-17-15(11-12)16(9-10-20-17)18-13-4-6-14(19-2)7-5-13;2-1(3,4)5/h3-11H,1-2H3;(H,2,3,4,5). The molecule has 0 aliphatic carbocycles. The summed E-state index contributed by atoms with van der Waals surface area (Å²) in [5.74, 6) is 0.847. The fourth-order valence-corrected chi connectivity index (χ4v) is 2.16. The molecule has 2 aromatic carbocycles. The van der Waals surface area contributed by atoms with Gasteiger partial charge in [0, 0.05) is 18.2 Å². The van der Waals surface area contributed by atoms with E-state index in [2.05, 4.69) is 18.0 Å². The minimum Gasteiger partial charge on any atom is -0.497 e. The summed E-state index contributed by atoms with van der Waals surface area (Å²) in [7, 11) is -3.28. The maximum atomic E-state index is 8.49. The quantitative estimate of drug-likeness (QED) is 0.526.